The van der Waals surface area contributed by atoms with Gasteiger partial charge in [-0.25, -0.2) is 9.97 Å². The second-order valence-electron chi connectivity index (χ2n) is 4.73. The molecule has 0 radical (unpaired) electrons. The number of nitrogens with zero attached hydrogens (tertiary/aromatic N) is 2. The molecule has 3 aromatic rings. The van der Waals surface area contributed by atoms with Gasteiger partial charge in [0.15, 0.2) is 0 Å². The molecule has 2 aromatic carbocycles. The summed E-state index contributed by atoms with van der Waals surface area (Å²) in [6, 6.07) is 16.0. The van der Waals surface area contributed by atoms with Gasteiger partial charge < -0.3 is 11.1 Å². The summed E-state index contributed by atoms with van der Waals surface area (Å²) in [5.41, 5.74) is 7.99. The van der Waals surface area contributed by atoms with Crippen LogP contribution in [0.2, 0.25) is 0 Å². The Bertz CT molecular complexity index is 824. The second kappa shape index (κ2) is 5.46. The SMILES string of the molecule is Cc1cc(C(N)=S)nc(Nc2cccc3ccccc23)n1. The van der Waals surface area contributed by atoms with E-state index in [1.54, 1.807) is 6.07 Å². The Hall–Kier alpha value is -2.53. The van der Waals surface area contributed by atoms with Crippen LogP contribution in [0.4, 0.5) is 11.6 Å². The Morgan fingerprint density at radius 2 is 1.86 bits per heavy atom. The summed E-state index contributed by atoms with van der Waals surface area (Å²) in [6.07, 6.45) is 0. The number of aromatic nitrogens is 2. The van der Waals surface area contributed by atoms with Crippen molar-refractivity contribution in [3.05, 3.63) is 59.9 Å². The van der Waals surface area contributed by atoms with Gasteiger partial charge in [0.25, 0.3) is 0 Å². The van der Waals surface area contributed by atoms with E-state index in [4.69, 9.17) is 18.0 Å². The molecular formula is C16H14N4S. The van der Waals surface area contributed by atoms with E-state index in [1.165, 1.54) is 0 Å². The summed E-state index contributed by atoms with van der Waals surface area (Å²) in [5.74, 6) is 0.495. The smallest absolute Gasteiger partial charge is 0.228 e. The molecule has 4 nitrogen and oxygen atoms in total. The predicted octanol–water partition coefficient (Wildman–Crippen LogP) is 3.32. The first-order valence-corrected chi connectivity index (χ1v) is 6.94. The van der Waals surface area contributed by atoms with Gasteiger partial charge in [0, 0.05) is 16.8 Å². The molecule has 0 unspecified atom stereocenters. The molecule has 0 aliphatic rings. The number of rotatable bonds is 3. The maximum Gasteiger partial charge on any atom is 0.228 e. The molecule has 1 heterocycles. The highest BCUT2D eigenvalue weighted by Gasteiger charge is 2.06. The van der Waals surface area contributed by atoms with Crippen LogP contribution in [0.5, 0.6) is 0 Å². The largest absolute Gasteiger partial charge is 0.388 e. The van der Waals surface area contributed by atoms with Gasteiger partial charge >= 0.3 is 0 Å². The number of hydrogen-bond donors (Lipinski definition) is 2. The van der Waals surface area contributed by atoms with Crippen molar-refractivity contribution in [1.29, 1.82) is 0 Å². The molecule has 0 fully saturated rings. The Morgan fingerprint density at radius 1 is 1.10 bits per heavy atom. The fraction of sp³-hybridized carbons (Fsp3) is 0.0625. The van der Waals surface area contributed by atoms with Crippen LogP contribution in [-0.4, -0.2) is 15.0 Å². The van der Waals surface area contributed by atoms with E-state index in [2.05, 4.69) is 33.5 Å². The zero-order valence-corrected chi connectivity index (χ0v) is 12.3. The molecule has 3 N–H and O–H groups in total. The third kappa shape index (κ3) is 2.83. The average molecular weight is 294 g/mol. The molecule has 0 saturated carbocycles. The lowest BCUT2D eigenvalue weighted by molar-refractivity contribution is 1.10. The molecular weight excluding hydrogens is 280 g/mol. The van der Waals surface area contributed by atoms with Crippen molar-refractivity contribution in [2.45, 2.75) is 6.92 Å². The fourth-order valence-corrected chi connectivity index (χ4v) is 2.31. The van der Waals surface area contributed by atoms with Crippen LogP contribution in [0.3, 0.4) is 0 Å². The van der Waals surface area contributed by atoms with Crippen molar-refractivity contribution in [2.75, 3.05) is 5.32 Å². The summed E-state index contributed by atoms with van der Waals surface area (Å²) in [5, 5.41) is 5.52. The third-order valence-electron chi connectivity index (χ3n) is 3.14. The molecule has 104 valence electrons. The first-order chi connectivity index (χ1) is 10.1. The molecule has 0 amide bonds. The van der Waals surface area contributed by atoms with Gasteiger partial charge in [0.05, 0.1) is 0 Å². The van der Waals surface area contributed by atoms with E-state index in [1.807, 2.05) is 31.2 Å². The Balaban J connectivity index is 2.05. The van der Waals surface area contributed by atoms with Crippen molar-refractivity contribution in [2.24, 2.45) is 5.73 Å². The van der Waals surface area contributed by atoms with Crippen LogP contribution >= 0.6 is 12.2 Å². The van der Waals surface area contributed by atoms with Crippen molar-refractivity contribution in [3.8, 4) is 0 Å². The lowest BCUT2D eigenvalue weighted by Gasteiger charge is -2.10. The molecule has 21 heavy (non-hydrogen) atoms. The molecule has 0 bridgehead atoms. The number of aryl methyl sites for hydroxylation is 1. The molecule has 5 heteroatoms. The zero-order chi connectivity index (χ0) is 14.8. The molecule has 0 saturated heterocycles. The van der Waals surface area contributed by atoms with Crippen molar-refractivity contribution in [1.82, 2.24) is 9.97 Å². The van der Waals surface area contributed by atoms with Crippen LogP contribution < -0.4 is 11.1 Å². The lowest BCUT2D eigenvalue weighted by Crippen LogP contribution is -2.13. The minimum Gasteiger partial charge on any atom is -0.388 e. The number of nitrogens with two attached hydrogens (primary N) is 1. The Morgan fingerprint density at radius 3 is 2.67 bits per heavy atom. The highest BCUT2D eigenvalue weighted by molar-refractivity contribution is 7.80. The monoisotopic (exact) mass is 294 g/mol. The second-order valence-corrected chi connectivity index (χ2v) is 5.17. The van der Waals surface area contributed by atoms with E-state index in [-0.39, 0.29) is 4.99 Å². The first kappa shape index (κ1) is 13.5. The van der Waals surface area contributed by atoms with E-state index in [0.29, 0.717) is 11.6 Å². The summed E-state index contributed by atoms with van der Waals surface area (Å²) >= 11 is 4.98. The Kier molecular flexibility index (Phi) is 3.50. The van der Waals surface area contributed by atoms with E-state index < -0.39 is 0 Å². The third-order valence-corrected chi connectivity index (χ3v) is 3.35. The van der Waals surface area contributed by atoms with Gasteiger partial charge in [-0.1, -0.05) is 48.6 Å². The summed E-state index contributed by atoms with van der Waals surface area (Å²) < 4.78 is 0. The molecule has 3 rings (SSSR count). The van der Waals surface area contributed by atoms with E-state index >= 15 is 0 Å². The van der Waals surface area contributed by atoms with Gasteiger partial charge in [-0.15, -0.1) is 0 Å². The van der Waals surface area contributed by atoms with Crippen LogP contribution in [0, 0.1) is 6.92 Å². The van der Waals surface area contributed by atoms with Crippen LogP contribution in [0.25, 0.3) is 10.8 Å². The number of anilines is 2. The van der Waals surface area contributed by atoms with Crippen LogP contribution in [-0.2, 0) is 0 Å². The molecule has 0 aliphatic heterocycles. The molecule has 0 aliphatic carbocycles. The highest BCUT2D eigenvalue weighted by Crippen LogP contribution is 2.25. The average Bonchev–Trinajstić information content (AvgIpc) is 2.47. The standard InChI is InChI=1S/C16H14N4S/c1-10-9-14(15(17)21)20-16(18-10)19-13-8-4-6-11-5-2-3-7-12(11)13/h2-9H,1H3,(H2,17,21)(H,18,19,20). The minimum atomic E-state index is 0.265. The topological polar surface area (TPSA) is 63.8 Å². The van der Waals surface area contributed by atoms with Crippen LogP contribution in [0.15, 0.2) is 48.5 Å². The first-order valence-electron chi connectivity index (χ1n) is 6.54. The van der Waals surface area contributed by atoms with Gasteiger partial charge in [-0.2, -0.15) is 0 Å². The van der Waals surface area contributed by atoms with Gasteiger partial charge in [-0.05, 0) is 24.4 Å². The molecule has 0 atom stereocenters. The molecule has 1 aromatic heterocycles. The Labute approximate surface area is 128 Å². The number of fused-ring (bicyclic) bond motifs is 1. The number of hydrogen-bond acceptors (Lipinski definition) is 4. The maximum atomic E-state index is 5.65. The normalized spacial score (nSPS) is 10.5. The van der Waals surface area contributed by atoms with Gasteiger partial charge in [-0.3, -0.25) is 0 Å². The summed E-state index contributed by atoms with van der Waals surface area (Å²) in [6.45, 7) is 1.89. The molecule has 0 spiro atoms. The summed E-state index contributed by atoms with van der Waals surface area (Å²) in [7, 11) is 0. The van der Waals surface area contributed by atoms with Crippen LogP contribution in [0.1, 0.15) is 11.4 Å². The lowest BCUT2D eigenvalue weighted by atomic mass is 10.1. The quantitative estimate of drug-likeness (QED) is 0.726. The number of nitrogens with one attached hydrogen (secondary N) is 1. The maximum absolute atomic E-state index is 5.65. The highest BCUT2D eigenvalue weighted by atomic mass is 32.1. The van der Waals surface area contributed by atoms with E-state index in [0.717, 1.165) is 22.2 Å². The van der Waals surface area contributed by atoms with Crippen molar-refractivity contribution < 1.29 is 0 Å². The predicted molar refractivity (Wildman–Crippen MR) is 89.9 cm³/mol. The number of thiocarbonyl (C=S) groups is 1. The zero-order valence-electron chi connectivity index (χ0n) is 11.5. The van der Waals surface area contributed by atoms with E-state index in [9.17, 15) is 0 Å². The minimum absolute atomic E-state index is 0.265. The van der Waals surface area contributed by atoms with Crippen molar-refractivity contribution in [3.63, 3.8) is 0 Å². The summed E-state index contributed by atoms with van der Waals surface area (Å²) in [4.78, 5) is 8.99. The van der Waals surface area contributed by atoms with Crippen molar-refractivity contribution >= 4 is 39.6 Å². The van der Waals surface area contributed by atoms with Gasteiger partial charge in [0.2, 0.25) is 5.95 Å². The van der Waals surface area contributed by atoms with Gasteiger partial charge in [0.1, 0.15) is 10.7 Å². The number of benzene rings is 2. The fourth-order valence-electron chi connectivity index (χ4n) is 2.21.